The van der Waals surface area contributed by atoms with Crippen LogP contribution >= 0.6 is 11.3 Å². The van der Waals surface area contributed by atoms with Gasteiger partial charge in [-0.25, -0.2) is 4.68 Å². The molecular weight excluding hydrogens is 336 g/mol. The van der Waals surface area contributed by atoms with Crippen molar-refractivity contribution in [2.24, 2.45) is 0 Å². The Hall–Kier alpha value is -1.73. The number of likely N-dealkylation sites (tertiary alicyclic amines) is 1. The van der Waals surface area contributed by atoms with E-state index in [-0.39, 0.29) is 11.5 Å². The second-order valence-electron chi connectivity index (χ2n) is 7.08. The summed E-state index contributed by atoms with van der Waals surface area (Å²) in [5.74, 6) is 0.312. The smallest absolute Gasteiger partial charge is 0.234 e. The number of rotatable bonds is 5. The molecule has 1 atom stereocenters. The summed E-state index contributed by atoms with van der Waals surface area (Å²) in [5, 5.41) is 10.4. The fourth-order valence-electron chi connectivity index (χ4n) is 4.25. The monoisotopic (exact) mass is 360 g/mol. The molecule has 134 valence electrons. The molecule has 6 nitrogen and oxygen atoms in total. The van der Waals surface area contributed by atoms with Gasteiger partial charge in [0.15, 0.2) is 0 Å². The maximum Gasteiger partial charge on any atom is 0.234 e. The molecule has 0 unspecified atom stereocenters. The van der Waals surface area contributed by atoms with Gasteiger partial charge in [0.25, 0.3) is 0 Å². The zero-order valence-electron chi connectivity index (χ0n) is 14.6. The quantitative estimate of drug-likeness (QED) is 0.823. The van der Waals surface area contributed by atoms with Crippen molar-refractivity contribution < 1.29 is 9.53 Å². The Bertz CT molecular complexity index is 721. The minimum atomic E-state index is -0.285. The average molecular weight is 360 g/mol. The molecule has 1 amide bonds. The standard InChI is InChI=1S/C18H24N4O2S/c1-24-13-14-11-22(20-19-14)15-6-9-21(12-15)17(23)18(7-2-3-8-18)16-5-4-10-25-16/h4-5,10-11,15H,2-3,6-9,12-13H2,1H3/t15-/m0/s1. The van der Waals surface area contributed by atoms with Gasteiger partial charge >= 0.3 is 0 Å². The van der Waals surface area contributed by atoms with Gasteiger partial charge in [-0.1, -0.05) is 24.1 Å². The molecule has 2 aliphatic rings. The minimum Gasteiger partial charge on any atom is -0.378 e. The number of ether oxygens (including phenoxy) is 1. The van der Waals surface area contributed by atoms with E-state index in [1.54, 1.807) is 18.4 Å². The Labute approximate surface area is 151 Å². The number of hydrogen-bond acceptors (Lipinski definition) is 5. The lowest BCUT2D eigenvalue weighted by molar-refractivity contribution is -0.136. The lowest BCUT2D eigenvalue weighted by Crippen LogP contribution is -2.44. The third-order valence-corrected chi connectivity index (χ3v) is 6.61. The number of methoxy groups -OCH3 is 1. The van der Waals surface area contributed by atoms with Crippen molar-refractivity contribution in [2.45, 2.75) is 50.2 Å². The van der Waals surface area contributed by atoms with Gasteiger partial charge in [0.05, 0.1) is 24.3 Å². The second kappa shape index (κ2) is 6.88. The first-order valence-electron chi connectivity index (χ1n) is 8.96. The van der Waals surface area contributed by atoms with Crippen molar-refractivity contribution in [3.8, 4) is 0 Å². The summed E-state index contributed by atoms with van der Waals surface area (Å²) < 4.78 is 7.00. The highest BCUT2D eigenvalue weighted by atomic mass is 32.1. The van der Waals surface area contributed by atoms with E-state index >= 15 is 0 Å². The predicted octanol–water partition coefficient (Wildman–Crippen LogP) is 2.77. The van der Waals surface area contributed by atoms with Crippen LogP contribution in [0.25, 0.3) is 0 Å². The molecule has 0 radical (unpaired) electrons. The molecule has 2 fully saturated rings. The maximum absolute atomic E-state index is 13.4. The SMILES string of the molecule is COCc1cn([C@H]2CCN(C(=O)C3(c4cccs4)CCCC3)C2)nn1. The van der Waals surface area contributed by atoms with Gasteiger partial charge in [-0.2, -0.15) is 0 Å². The molecule has 0 bridgehead atoms. The zero-order valence-corrected chi connectivity index (χ0v) is 15.4. The minimum absolute atomic E-state index is 0.212. The molecule has 2 aromatic heterocycles. The van der Waals surface area contributed by atoms with E-state index in [2.05, 4.69) is 27.8 Å². The lowest BCUT2D eigenvalue weighted by atomic mass is 9.83. The van der Waals surface area contributed by atoms with E-state index in [1.807, 2.05) is 15.8 Å². The van der Waals surface area contributed by atoms with E-state index in [0.717, 1.165) is 50.9 Å². The fourth-order valence-corrected chi connectivity index (χ4v) is 5.22. The van der Waals surface area contributed by atoms with Gasteiger partial charge in [0.1, 0.15) is 5.69 Å². The van der Waals surface area contributed by atoms with E-state index < -0.39 is 0 Å². The van der Waals surface area contributed by atoms with E-state index in [1.165, 1.54) is 4.88 Å². The van der Waals surface area contributed by atoms with Crippen molar-refractivity contribution in [1.82, 2.24) is 19.9 Å². The summed E-state index contributed by atoms with van der Waals surface area (Å²) in [6.45, 7) is 1.99. The van der Waals surface area contributed by atoms with Crippen LogP contribution in [0.3, 0.4) is 0 Å². The molecule has 0 aromatic carbocycles. The van der Waals surface area contributed by atoms with Crippen molar-refractivity contribution in [3.63, 3.8) is 0 Å². The summed E-state index contributed by atoms with van der Waals surface area (Å²) in [6, 6.07) is 4.41. The molecule has 3 heterocycles. The summed E-state index contributed by atoms with van der Waals surface area (Å²) in [4.78, 5) is 16.7. The van der Waals surface area contributed by atoms with Crippen LogP contribution < -0.4 is 0 Å². The molecule has 2 aromatic rings. The number of carbonyl (C=O) groups is 1. The van der Waals surface area contributed by atoms with Gasteiger partial charge in [0, 0.05) is 25.1 Å². The summed E-state index contributed by atoms with van der Waals surface area (Å²) >= 11 is 1.72. The molecule has 1 saturated heterocycles. The number of carbonyl (C=O) groups excluding carboxylic acids is 1. The fraction of sp³-hybridized carbons (Fsp3) is 0.611. The maximum atomic E-state index is 13.4. The molecule has 0 N–H and O–H groups in total. The van der Waals surface area contributed by atoms with E-state index in [9.17, 15) is 4.79 Å². The third-order valence-electron chi connectivity index (χ3n) is 5.53. The number of aromatic nitrogens is 3. The van der Waals surface area contributed by atoms with Gasteiger partial charge in [-0.05, 0) is 30.7 Å². The highest BCUT2D eigenvalue weighted by molar-refractivity contribution is 7.10. The van der Waals surface area contributed by atoms with Crippen LogP contribution in [-0.2, 0) is 21.6 Å². The van der Waals surface area contributed by atoms with Crippen LogP contribution in [0.1, 0.15) is 48.7 Å². The van der Waals surface area contributed by atoms with Crippen LogP contribution in [0.5, 0.6) is 0 Å². The molecule has 1 aliphatic carbocycles. The Morgan fingerprint density at radius 1 is 1.44 bits per heavy atom. The first-order valence-corrected chi connectivity index (χ1v) is 9.84. The van der Waals surface area contributed by atoms with Crippen LogP contribution in [0.4, 0.5) is 0 Å². The number of nitrogens with zero attached hydrogens (tertiary/aromatic N) is 4. The normalized spacial score (nSPS) is 22.6. The molecule has 25 heavy (non-hydrogen) atoms. The van der Waals surface area contributed by atoms with Gasteiger partial charge in [0.2, 0.25) is 5.91 Å². The zero-order chi connectivity index (χ0) is 17.3. The van der Waals surface area contributed by atoms with Crippen LogP contribution in [-0.4, -0.2) is 46.0 Å². The van der Waals surface area contributed by atoms with Crippen molar-refractivity contribution in [2.75, 3.05) is 20.2 Å². The molecule has 0 spiro atoms. The van der Waals surface area contributed by atoms with Gasteiger partial charge in [-0.3, -0.25) is 4.79 Å². The van der Waals surface area contributed by atoms with Crippen LogP contribution in [0.15, 0.2) is 23.7 Å². The van der Waals surface area contributed by atoms with Crippen LogP contribution in [0, 0.1) is 0 Å². The molecule has 1 aliphatic heterocycles. The van der Waals surface area contributed by atoms with Gasteiger partial charge < -0.3 is 9.64 Å². The highest BCUT2D eigenvalue weighted by Gasteiger charge is 2.47. The number of amides is 1. The summed E-state index contributed by atoms with van der Waals surface area (Å²) in [7, 11) is 1.65. The average Bonchev–Trinajstić information content (AvgIpc) is 3.41. The highest BCUT2D eigenvalue weighted by Crippen LogP contribution is 2.45. The summed E-state index contributed by atoms with van der Waals surface area (Å²) in [5.41, 5.74) is 0.547. The third kappa shape index (κ3) is 3.00. The Balaban J connectivity index is 1.49. The molecule has 7 heteroatoms. The first kappa shape index (κ1) is 16.7. The van der Waals surface area contributed by atoms with E-state index in [4.69, 9.17) is 4.74 Å². The predicted molar refractivity (Wildman–Crippen MR) is 95.4 cm³/mol. The Kier molecular flexibility index (Phi) is 4.60. The van der Waals surface area contributed by atoms with Crippen LogP contribution in [0.2, 0.25) is 0 Å². The van der Waals surface area contributed by atoms with E-state index in [0.29, 0.717) is 12.5 Å². The molecule has 4 rings (SSSR count). The van der Waals surface area contributed by atoms with Crippen molar-refractivity contribution >= 4 is 17.2 Å². The Morgan fingerprint density at radius 2 is 2.28 bits per heavy atom. The summed E-state index contributed by atoms with van der Waals surface area (Å²) in [6.07, 6.45) is 7.12. The Morgan fingerprint density at radius 3 is 3.00 bits per heavy atom. The molecular formula is C18H24N4O2S. The lowest BCUT2D eigenvalue weighted by Gasteiger charge is -2.31. The van der Waals surface area contributed by atoms with Gasteiger partial charge in [-0.15, -0.1) is 16.4 Å². The van der Waals surface area contributed by atoms with Crippen molar-refractivity contribution in [3.05, 3.63) is 34.3 Å². The topological polar surface area (TPSA) is 60.2 Å². The number of hydrogen-bond donors (Lipinski definition) is 0. The number of thiophene rings is 1. The largest absolute Gasteiger partial charge is 0.378 e. The molecule has 1 saturated carbocycles. The van der Waals surface area contributed by atoms with Crippen molar-refractivity contribution in [1.29, 1.82) is 0 Å². The first-order chi connectivity index (χ1) is 12.2. The second-order valence-corrected chi connectivity index (χ2v) is 8.03.